The topological polar surface area (TPSA) is 59.1 Å². The molecule has 3 aromatic rings. The molecule has 0 radical (unpaired) electrons. The van der Waals surface area contributed by atoms with Crippen LogP contribution in [-0.4, -0.2) is 29.1 Å². The highest BCUT2D eigenvalue weighted by Gasteiger charge is 2.29. The molecule has 1 aliphatic heterocycles. The first-order chi connectivity index (χ1) is 15.9. The lowest BCUT2D eigenvalue weighted by Crippen LogP contribution is -2.38. The standard InChI is InChI=1S/C21H19F5N4OS2/c22-15-2-1-11(5-14(15)20(25)26)13-3-4-27-8-12(13)9-31-18-6-17(24)19(7-16(18)23)32-30-21-28-10-29-33-21/h1-2,5-7,10,12-13,20,27H,3-4,8-9H2,(H,28,29,30)/t12-,13?/m0/s1. The summed E-state index contributed by atoms with van der Waals surface area (Å²) in [5.41, 5.74) is -0.0722. The second kappa shape index (κ2) is 10.7. The highest BCUT2D eigenvalue weighted by atomic mass is 32.2. The summed E-state index contributed by atoms with van der Waals surface area (Å²) in [6.45, 7) is 1.18. The van der Waals surface area contributed by atoms with Gasteiger partial charge in [-0.15, -0.1) is 0 Å². The molecule has 1 saturated heterocycles. The largest absolute Gasteiger partial charge is 0.490 e. The minimum absolute atomic E-state index is 0.0260. The number of hydrogen-bond acceptors (Lipinski definition) is 7. The number of piperidine rings is 1. The fraction of sp³-hybridized carbons (Fsp3) is 0.333. The zero-order valence-electron chi connectivity index (χ0n) is 17.0. The minimum Gasteiger partial charge on any atom is -0.490 e. The van der Waals surface area contributed by atoms with Gasteiger partial charge in [0.2, 0.25) is 5.13 Å². The van der Waals surface area contributed by atoms with Crippen LogP contribution in [0.5, 0.6) is 5.75 Å². The number of nitrogens with zero attached hydrogens (tertiary/aromatic N) is 2. The highest BCUT2D eigenvalue weighted by Crippen LogP contribution is 2.35. The van der Waals surface area contributed by atoms with Crippen LogP contribution in [0.2, 0.25) is 0 Å². The maximum Gasteiger partial charge on any atom is 0.266 e. The van der Waals surface area contributed by atoms with E-state index in [-0.39, 0.29) is 29.1 Å². The first-order valence-corrected chi connectivity index (χ1v) is 11.6. The molecular weight excluding hydrogens is 483 g/mol. The first kappa shape index (κ1) is 23.7. The van der Waals surface area contributed by atoms with E-state index >= 15 is 0 Å². The number of anilines is 1. The van der Waals surface area contributed by atoms with Crippen molar-refractivity contribution in [2.24, 2.45) is 5.92 Å². The molecule has 0 amide bonds. The van der Waals surface area contributed by atoms with Gasteiger partial charge in [-0.05, 0) is 54.6 Å². The van der Waals surface area contributed by atoms with Gasteiger partial charge in [0.25, 0.3) is 6.43 Å². The average molecular weight is 503 g/mol. The molecule has 4 rings (SSSR count). The maximum absolute atomic E-state index is 14.6. The lowest BCUT2D eigenvalue weighted by Gasteiger charge is -2.32. The summed E-state index contributed by atoms with van der Waals surface area (Å²) in [5, 5.41) is 3.64. The van der Waals surface area contributed by atoms with E-state index in [0.29, 0.717) is 30.2 Å². The van der Waals surface area contributed by atoms with Crippen molar-refractivity contribution in [1.29, 1.82) is 0 Å². The zero-order valence-corrected chi connectivity index (χ0v) is 18.7. The Hall–Kier alpha value is -2.44. The number of nitrogens with one attached hydrogen (secondary N) is 2. The molecule has 176 valence electrons. The lowest BCUT2D eigenvalue weighted by atomic mass is 9.81. The van der Waals surface area contributed by atoms with Crippen molar-refractivity contribution in [1.82, 2.24) is 14.7 Å². The molecule has 33 heavy (non-hydrogen) atoms. The van der Waals surface area contributed by atoms with Gasteiger partial charge in [0, 0.05) is 30.1 Å². The van der Waals surface area contributed by atoms with Crippen LogP contribution in [0.4, 0.5) is 27.1 Å². The fourth-order valence-electron chi connectivity index (χ4n) is 3.71. The van der Waals surface area contributed by atoms with Crippen LogP contribution in [0.1, 0.15) is 29.9 Å². The van der Waals surface area contributed by atoms with Gasteiger partial charge in [-0.3, -0.25) is 0 Å². The Balaban J connectivity index is 1.44. The van der Waals surface area contributed by atoms with E-state index in [1.54, 1.807) is 0 Å². The molecule has 1 fully saturated rings. The van der Waals surface area contributed by atoms with Crippen molar-refractivity contribution in [3.8, 4) is 5.75 Å². The Morgan fingerprint density at radius 3 is 2.76 bits per heavy atom. The number of halogens is 5. The Labute approximate surface area is 195 Å². The summed E-state index contributed by atoms with van der Waals surface area (Å²) in [7, 11) is 0. The molecule has 2 heterocycles. The number of aromatic nitrogens is 2. The Bertz CT molecular complexity index is 1090. The number of hydrogen-bond donors (Lipinski definition) is 2. The summed E-state index contributed by atoms with van der Waals surface area (Å²) in [6, 6.07) is 5.70. The molecular formula is C21H19F5N4OS2. The first-order valence-electron chi connectivity index (χ1n) is 10.0. The molecule has 1 aliphatic rings. The molecule has 1 aromatic heterocycles. The van der Waals surface area contributed by atoms with Crippen LogP contribution in [0, 0.1) is 23.4 Å². The third kappa shape index (κ3) is 5.74. The van der Waals surface area contributed by atoms with Gasteiger partial charge < -0.3 is 14.8 Å². The van der Waals surface area contributed by atoms with Crippen molar-refractivity contribution in [2.45, 2.75) is 23.7 Å². The number of benzene rings is 2. The van der Waals surface area contributed by atoms with E-state index in [2.05, 4.69) is 19.4 Å². The van der Waals surface area contributed by atoms with Gasteiger partial charge >= 0.3 is 0 Å². The van der Waals surface area contributed by atoms with Crippen molar-refractivity contribution in [2.75, 3.05) is 24.4 Å². The summed E-state index contributed by atoms with van der Waals surface area (Å²) in [6.07, 6.45) is -0.961. The van der Waals surface area contributed by atoms with Crippen molar-refractivity contribution >= 4 is 28.6 Å². The quantitative estimate of drug-likeness (QED) is 0.301. The van der Waals surface area contributed by atoms with Gasteiger partial charge in [-0.25, -0.2) is 26.9 Å². The van der Waals surface area contributed by atoms with Crippen LogP contribution in [0.15, 0.2) is 41.6 Å². The van der Waals surface area contributed by atoms with Gasteiger partial charge in [-0.1, -0.05) is 6.07 Å². The molecule has 2 aromatic carbocycles. The summed E-state index contributed by atoms with van der Waals surface area (Å²) in [5.74, 6) is -3.00. The number of rotatable bonds is 8. The Kier molecular flexibility index (Phi) is 7.66. The zero-order chi connectivity index (χ0) is 23.4. The number of alkyl halides is 2. The molecule has 0 aliphatic carbocycles. The van der Waals surface area contributed by atoms with E-state index in [1.165, 1.54) is 18.5 Å². The minimum atomic E-state index is -2.92. The molecule has 2 N–H and O–H groups in total. The summed E-state index contributed by atoms with van der Waals surface area (Å²) in [4.78, 5) is 3.93. The molecule has 12 heteroatoms. The summed E-state index contributed by atoms with van der Waals surface area (Å²) >= 11 is 1.94. The van der Waals surface area contributed by atoms with Gasteiger partial charge in [0.1, 0.15) is 18.0 Å². The van der Waals surface area contributed by atoms with E-state index in [4.69, 9.17) is 4.74 Å². The molecule has 0 bridgehead atoms. The van der Waals surface area contributed by atoms with Crippen LogP contribution < -0.4 is 14.8 Å². The molecule has 2 atom stereocenters. The highest BCUT2D eigenvalue weighted by molar-refractivity contribution is 8.00. The summed E-state index contributed by atoms with van der Waals surface area (Å²) < 4.78 is 81.1. The average Bonchev–Trinajstić information content (AvgIpc) is 3.32. The molecule has 1 unspecified atom stereocenters. The van der Waals surface area contributed by atoms with E-state index in [9.17, 15) is 22.0 Å². The smallest absolute Gasteiger partial charge is 0.266 e. The Morgan fingerprint density at radius 2 is 2.00 bits per heavy atom. The third-order valence-corrected chi connectivity index (χ3v) is 6.88. The fourth-order valence-corrected chi connectivity index (χ4v) is 4.84. The number of ether oxygens (including phenoxy) is 1. The maximum atomic E-state index is 14.6. The van der Waals surface area contributed by atoms with Gasteiger partial charge in [-0.2, -0.15) is 4.37 Å². The molecule has 5 nitrogen and oxygen atoms in total. The van der Waals surface area contributed by atoms with Crippen LogP contribution >= 0.6 is 23.5 Å². The van der Waals surface area contributed by atoms with Gasteiger partial charge in [0.05, 0.1) is 17.1 Å². The van der Waals surface area contributed by atoms with Crippen molar-refractivity contribution in [3.05, 3.63) is 65.2 Å². The molecule has 0 spiro atoms. The predicted molar refractivity (Wildman–Crippen MR) is 116 cm³/mol. The van der Waals surface area contributed by atoms with E-state index < -0.39 is 29.4 Å². The Morgan fingerprint density at radius 1 is 1.15 bits per heavy atom. The predicted octanol–water partition coefficient (Wildman–Crippen LogP) is 5.78. The second-order valence-electron chi connectivity index (χ2n) is 7.42. The monoisotopic (exact) mass is 502 g/mol. The second-order valence-corrected chi connectivity index (χ2v) is 9.04. The SMILES string of the molecule is Fc1cc(SNc2ncns2)c(F)cc1OC[C@@H]1CNCCC1c1ccc(F)c(C(F)F)c1. The lowest BCUT2D eigenvalue weighted by molar-refractivity contribution is 0.146. The van der Waals surface area contributed by atoms with E-state index in [1.807, 2.05) is 0 Å². The molecule has 0 saturated carbocycles. The van der Waals surface area contributed by atoms with Crippen molar-refractivity contribution in [3.63, 3.8) is 0 Å². The van der Waals surface area contributed by atoms with Crippen LogP contribution in [0.25, 0.3) is 0 Å². The van der Waals surface area contributed by atoms with Gasteiger partial charge in [0.15, 0.2) is 11.6 Å². The van der Waals surface area contributed by atoms with E-state index in [0.717, 1.165) is 41.7 Å². The normalized spacial score (nSPS) is 18.5. The third-order valence-electron chi connectivity index (χ3n) is 5.34. The van der Waals surface area contributed by atoms with Crippen molar-refractivity contribution < 1.29 is 26.7 Å². The van der Waals surface area contributed by atoms with Crippen LogP contribution in [-0.2, 0) is 0 Å². The van der Waals surface area contributed by atoms with Crippen LogP contribution in [0.3, 0.4) is 0 Å².